The van der Waals surface area contributed by atoms with E-state index in [-0.39, 0.29) is 0 Å². The molecule has 19 heavy (non-hydrogen) atoms. The standard InChI is InChI=1S/C15H20ClN3/c1-10(2)5-14-17-18-15(9-16)19(14)13-7-11(3)6-12(4)8-13/h6-8,10H,5,9H2,1-4H3. The van der Waals surface area contributed by atoms with Crippen LogP contribution in [0.3, 0.4) is 0 Å². The Labute approximate surface area is 119 Å². The van der Waals surface area contributed by atoms with E-state index in [0.717, 1.165) is 23.8 Å². The predicted molar refractivity (Wildman–Crippen MR) is 78.9 cm³/mol. The highest BCUT2D eigenvalue weighted by Crippen LogP contribution is 2.20. The van der Waals surface area contributed by atoms with Crippen molar-refractivity contribution in [2.75, 3.05) is 0 Å². The number of halogens is 1. The highest BCUT2D eigenvalue weighted by molar-refractivity contribution is 6.16. The van der Waals surface area contributed by atoms with E-state index in [1.165, 1.54) is 11.1 Å². The zero-order valence-corrected chi connectivity index (χ0v) is 12.7. The highest BCUT2D eigenvalue weighted by atomic mass is 35.5. The molecule has 0 atom stereocenters. The molecule has 0 saturated heterocycles. The first-order valence-corrected chi connectivity index (χ1v) is 7.12. The van der Waals surface area contributed by atoms with Gasteiger partial charge in [-0.3, -0.25) is 4.57 Å². The molecular formula is C15H20ClN3. The van der Waals surface area contributed by atoms with E-state index >= 15 is 0 Å². The Kier molecular flexibility index (Phi) is 4.25. The molecule has 0 saturated carbocycles. The largest absolute Gasteiger partial charge is 0.282 e. The summed E-state index contributed by atoms with van der Waals surface area (Å²) in [5, 5.41) is 8.50. The number of aryl methyl sites for hydroxylation is 2. The van der Waals surface area contributed by atoms with Gasteiger partial charge in [-0.15, -0.1) is 21.8 Å². The number of rotatable bonds is 4. The third-order valence-electron chi connectivity index (χ3n) is 2.97. The highest BCUT2D eigenvalue weighted by Gasteiger charge is 2.14. The van der Waals surface area contributed by atoms with Crippen LogP contribution in [0.25, 0.3) is 5.69 Å². The molecule has 4 heteroatoms. The lowest BCUT2D eigenvalue weighted by Crippen LogP contribution is -2.08. The van der Waals surface area contributed by atoms with Crippen molar-refractivity contribution in [3.8, 4) is 5.69 Å². The first kappa shape index (κ1) is 14.1. The average molecular weight is 278 g/mol. The molecule has 2 rings (SSSR count). The Morgan fingerprint density at radius 2 is 1.63 bits per heavy atom. The molecule has 0 radical (unpaired) electrons. The van der Waals surface area contributed by atoms with Gasteiger partial charge in [-0.1, -0.05) is 19.9 Å². The molecule has 0 aliphatic carbocycles. The van der Waals surface area contributed by atoms with Crippen molar-refractivity contribution < 1.29 is 0 Å². The van der Waals surface area contributed by atoms with Crippen LogP contribution in [0.2, 0.25) is 0 Å². The van der Waals surface area contributed by atoms with Crippen LogP contribution >= 0.6 is 11.6 Å². The Hall–Kier alpha value is -1.35. The van der Waals surface area contributed by atoms with E-state index in [2.05, 4.69) is 60.7 Å². The van der Waals surface area contributed by atoms with Gasteiger partial charge in [-0.05, 0) is 43.0 Å². The molecule has 2 aromatic rings. The van der Waals surface area contributed by atoms with E-state index in [0.29, 0.717) is 11.8 Å². The van der Waals surface area contributed by atoms with Gasteiger partial charge in [-0.2, -0.15) is 0 Å². The molecule has 1 heterocycles. The van der Waals surface area contributed by atoms with Crippen molar-refractivity contribution in [2.45, 2.75) is 40.0 Å². The quantitative estimate of drug-likeness (QED) is 0.796. The normalized spacial score (nSPS) is 11.3. The number of hydrogen-bond donors (Lipinski definition) is 0. The number of alkyl halides is 1. The van der Waals surface area contributed by atoms with Crippen LogP contribution in [0.1, 0.15) is 36.6 Å². The Morgan fingerprint density at radius 3 is 2.16 bits per heavy atom. The summed E-state index contributed by atoms with van der Waals surface area (Å²) < 4.78 is 2.09. The summed E-state index contributed by atoms with van der Waals surface area (Å²) in [7, 11) is 0. The number of nitrogens with zero attached hydrogens (tertiary/aromatic N) is 3. The minimum absolute atomic E-state index is 0.373. The third kappa shape index (κ3) is 3.16. The summed E-state index contributed by atoms with van der Waals surface area (Å²) in [5.41, 5.74) is 3.58. The second-order valence-corrected chi connectivity index (χ2v) is 5.71. The van der Waals surface area contributed by atoms with Crippen LogP contribution in [-0.4, -0.2) is 14.8 Å². The van der Waals surface area contributed by atoms with Crippen molar-refractivity contribution in [3.63, 3.8) is 0 Å². The van der Waals surface area contributed by atoms with Gasteiger partial charge >= 0.3 is 0 Å². The van der Waals surface area contributed by atoms with E-state index < -0.39 is 0 Å². The van der Waals surface area contributed by atoms with Crippen molar-refractivity contribution in [1.29, 1.82) is 0 Å². The first-order chi connectivity index (χ1) is 9.01. The monoisotopic (exact) mass is 277 g/mol. The van der Waals surface area contributed by atoms with Gasteiger partial charge in [0, 0.05) is 12.1 Å². The van der Waals surface area contributed by atoms with Crippen LogP contribution in [0.4, 0.5) is 0 Å². The molecule has 1 aromatic carbocycles. The predicted octanol–water partition coefficient (Wildman–Crippen LogP) is 3.82. The molecule has 0 aliphatic heterocycles. The Bertz CT molecular complexity index is 553. The van der Waals surface area contributed by atoms with Crippen molar-refractivity contribution in [2.24, 2.45) is 5.92 Å². The second-order valence-electron chi connectivity index (χ2n) is 5.45. The number of aromatic nitrogens is 3. The first-order valence-electron chi connectivity index (χ1n) is 6.59. The summed E-state index contributed by atoms with van der Waals surface area (Å²) in [6, 6.07) is 6.46. The summed E-state index contributed by atoms with van der Waals surface area (Å²) in [4.78, 5) is 0. The minimum atomic E-state index is 0.373. The molecule has 0 fully saturated rings. The zero-order valence-electron chi connectivity index (χ0n) is 11.9. The van der Waals surface area contributed by atoms with Crippen LogP contribution in [0, 0.1) is 19.8 Å². The van der Waals surface area contributed by atoms with Gasteiger partial charge in [0.15, 0.2) is 5.82 Å². The minimum Gasteiger partial charge on any atom is -0.282 e. The molecule has 1 aromatic heterocycles. The van der Waals surface area contributed by atoms with Crippen molar-refractivity contribution in [1.82, 2.24) is 14.8 Å². The fourth-order valence-electron chi connectivity index (χ4n) is 2.32. The summed E-state index contributed by atoms with van der Waals surface area (Å²) in [6.07, 6.45) is 0.900. The number of hydrogen-bond acceptors (Lipinski definition) is 2. The fourth-order valence-corrected chi connectivity index (χ4v) is 2.49. The maximum Gasteiger partial charge on any atom is 0.152 e. The van der Waals surface area contributed by atoms with Gasteiger partial charge in [0.1, 0.15) is 5.82 Å². The average Bonchev–Trinajstić information content (AvgIpc) is 2.69. The van der Waals surface area contributed by atoms with E-state index in [4.69, 9.17) is 11.6 Å². The second kappa shape index (κ2) is 5.74. The molecular weight excluding hydrogens is 258 g/mol. The summed E-state index contributed by atoms with van der Waals surface area (Å²) in [5.74, 6) is 2.70. The van der Waals surface area contributed by atoms with E-state index in [9.17, 15) is 0 Å². The van der Waals surface area contributed by atoms with Crippen molar-refractivity contribution in [3.05, 3.63) is 41.0 Å². The lowest BCUT2D eigenvalue weighted by molar-refractivity contribution is 0.610. The van der Waals surface area contributed by atoms with Crippen LogP contribution in [0.15, 0.2) is 18.2 Å². The molecule has 0 N–H and O–H groups in total. The van der Waals surface area contributed by atoms with Gasteiger partial charge in [0.25, 0.3) is 0 Å². The van der Waals surface area contributed by atoms with Gasteiger partial charge < -0.3 is 0 Å². The van der Waals surface area contributed by atoms with Crippen LogP contribution in [-0.2, 0) is 12.3 Å². The Balaban J connectivity index is 2.55. The fraction of sp³-hybridized carbons (Fsp3) is 0.467. The Morgan fingerprint density at radius 1 is 1.05 bits per heavy atom. The van der Waals surface area contributed by atoms with Crippen LogP contribution < -0.4 is 0 Å². The van der Waals surface area contributed by atoms with Gasteiger partial charge in [0.2, 0.25) is 0 Å². The van der Waals surface area contributed by atoms with E-state index in [1.807, 2.05) is 0 Å². The SMILES string of the molecule is Cc1cc(C)cc(-n2c(CCl)nnc2CC(C)C)c1. The molecule has 0 spiro atoms. The zero-order chi connectivity index (χ0) is 14.0. The van der Waals surface area contributed by atoms with Crippen molar-refractivity contribution >= 4 is 11.6 Å². The van der Waals surface area contributed by atoms with E-state index in [1.54, 1.807) is 0 Å². The van der Waals surface area contributed by atoms with Crippen LogP contribution in [0.5, 0.6) is 0 Å². The summed E-state index contributed by atoms with van der Waals surface area (Å²) in [6.45, 7) is 8.56. The molecule has 0 unspecified atom stereocenters. The molecule has 0 aliphatic rings. The lowest BCUT2D eigenvalue weighted by Gasteiger charge is -2.12. The third-order valence-corrected chi connectivity index (χ3v) is 3.21. The topological polar surface area (TPSA) is 30.7 Å². The molecule has 102 valence electrons. The molecule has 0 bridgehead atoms. The van der Waals surface area contributed by atoms with Gasteiger partial charge in [-0.25, -0.2) is 0 Å². The lowest BCUT2D eigenvalue weighted by atomic mass is 10.1. The smallest absolute Gasteiger partial charge is 0.152 e. The molecule has 0 amide bonds. The maximum atomic E-state index is 5.99. The van der Waals surface area contributed by atoms with Gasteiger partial charge in [0.05, 0.1) is 5.88 Å². The maximum absolute atomic E-state index is 5.99. The molecule has 3 nitrogen and oxygen atoms in total. The number of benzene rings is 1. The summed E-state index contributed by atoms with van der Waals surface area (Å²) >= 11 is 5.99.